The number of rotatable bonds is 9. The van der Waals surface area contributed by atoms with Crippen molar-refractivity contribution < 1.29 is 20.9 Å². The standard InChI is InChI=1S/C14H11F.C14H32P2.Ni/c15-14-9-5-4-8-13(14)11-10-12-6-2-1-3-7-12;1-11(2)15(12(3)4)9-10-16(13(5)6)14(7)8;/h1-11H;11-14H,9-10H2,1-8H3;/b11-10+;;. The fourth-order valence-corrected chi connectivity index (χ4v) is 10.1. The Hall–Kier alpha value is -0.536. The smallest absolute Gasteiger partial charge is 0.130 e. The van der Waals surface area contributed by atoms with Gasteiger partial charge < -0.3 is 0 Å². The first-order valence-corrected chi connectivity index (χ1v) is 15.0. The first-order valence-electron chi connectivity index (χ1n) is 11.6. The number of hydrogen-bond donors (Lipinski definition) is 0. The molecule has 0 spiro atoms. The molecule has 0 amide bonds. The molecular weight excluding hydrogens is 476 g/mol. The summed E-state index contributed by atoms with van der Waals surface area (Å²) in [6.45, 7) is 19.3. The quantitative estimate of drug-likeness (QED) is 0.176. The number of benzene rings is 2. The zero-order chi connectivity index (χ0) is 23.4. The van der Waals surface area contributed by atoms with Crippen molar-refractivity contribution in [3.63, 3.8) is 0 Å². The van der Waals surface area contributed by atoms with Crippen LogP contribution in [0.1, 0.15) is 66.5 Å². The Bertz CT molecular complexity index is 721. The summed E-state index contributed by atoms with van der Waals surface area (Å²) < 4.78 is 13.2. The molecule has 2 aromatic rings. The van der Waals surface area contributed by atoms with Crippen molar-refractivity contribution in [2.75, 3.05) is 12.3 Å². The van der Waals surface area contributed by atoms with Crippen LogP contribution in [0.25, 0.3) is 12.2 Å². The summed E-state index contributed by atoms with van der Waals surface area (Å²) >= 11 is 0. The van der Waals surface area contributed by atoms with Crippen LogP contribution in [0, 0.1) is 5.82 Å². The Balaban J connectivity index is 0.000000582. The molecule has 0 aliphatic rings. The van der Waals surface area contributed by atoms with Gasteiger partial charge in [0.15, 0.2) is 0 Å². The van der Waals surface area contributed by atoms with E-state index in [4.69, 9.17) is 0 Å². The van der Waals surface area contributed by atoms with Crippen LogP contribution in [0.3, 0.4) is 0 Å². The monoisotopic (exact) mass is 518 g/mol. The second kappa shape index (κ2) is 17.0. The van der Waals surface area contributed by atoms with Gasteiger partial charge in [-0.05, 0) is 46.6 Å². The molecule has 182 valence electrons. The Labute approximate surface area is 210 Å². The minimum atomic E-state index is -0.190. The van der Waals surface area contributed by atoms with Gasteiger partial charge in [-0.3, -0.25) is 0 Å². The van der Waals surface area contributed by atoms with Crippen molar-refractivity contribution in [1.29, 1.82) is 0 Å². The topological polar surface area (TPSA) is 0 Å². The van der Waals surface area contributed by atoms with Gasteiger partial charge in [-0.25, -0.2) is 4.39 Å². The summed E-state index contributed by atoms with van der Waals surface area (Å²) in [5, 5.41) is 0. The largest absolute Gasteiger partial charge is 0.206 e. The van der Waals surface area contributed by atoms with E-state index in [1.807, 2.05) is 42.5 Å². The van der Waals surface area contributed by atoms with E-state index in [-0.39, 0.29) is 38.2 Å². The molecule has 0 aliphatic carbocycles. The van der Waals surface area contributed by atoms with Crippen LogP contribution in [0.4, 0.5) is 4.39 Å². The van der Waals surface area contributed by atoms with Gasteiger partial charge in [-0.15, -0.1) is 15.8 Å². The number of hydrogen-bond acceptors (Lipinski definition) is 0. The SMILES string of the molecule is CC(C)P(CCP(C(C)C)C(C)C)C(C)C.Fc1ccccc1/C=C/c1ccccc1.[Ni]. The van der Waals surface area contributed by atoms with Gasteiger partial charge in [-0.2, -0.15) is 0 Å². The van der Waals surface area contributed by atoms with Crippen molar-refractivity contribution in [3.8, 4) is 0 Å². The third-order valence-corrected chi connectivity index (χ3v) is 12.6. The Morgan fingerprint density at radius 1 is 0.625 bits per heavy atom. The molecule has 0 atom stereocenters. The van der Waals surface area contributed by atoms with Gasteiger partial charge in [0.05, 0.1) is 0 Å². The van der Waals surface area contributed by atoms with Gasteiger partial charge in [-0.1, -0.05) is 116 Å². The predicted molar refractivity (Wildman–Crippen MR) is 146 cm³/mol. The molecule has 0 unspecified atom stereocenters. The van der Waals surface area contributed by atoms with Gasteiger partial charge >= 0.3 is 0 Å². The summed E-state index contributed by atoms with van der Waals surface area (Å²) in [7, 11) is 0.511. The Morgan fingerprint density at radius 2 is 1.03 bits per heavy atom. The van der Waals surface area contributed by atoms with E-state index in [1.165, 1.54) is 18.4 Å². The molecule has 0 saturated carbocycles. The van der Waals surface area contributed by atoms with Crippen LogP contribution in [0.5, 0.6) is 0 Å². The zero-order valence-electron chi connectivity index (χ0n) is 21.2. The molecule has 0 aliphatic heterocycles. The van der Waals surface area contributed by atoms with E-state index in [0.717, 1.165) is 28.2 Å². The molecule has 2 rings (SSSR count). The predicted octanol–water partition coefficient (Wildman–Crippen LogP) is 9.58. The van der Waals surface area contributed by atoms with E-state index in [0.29, 0.717) is 5.56 Å². The molecule has 0 N–H and O–H groups in total. The van der Waals surface area contributed by atoms with E-state index >= 15 is 0 Å². The first kappa shape index (κ1) is 31.5. The molecular formula is C28H43FNiP2. The van der Waals surface area contributed by atoms with Gasteiger partial charge in [0.1, 0.15) is 5.82 Å². The normalized spacial score (nSPS) is 11.6. The molecule has 0 bridgehead atoms. The van der Waals surface area contributed by atoms with Crippen molar-refractivity contribution in [2.24, 2.45) is 0 Å². The van der Waals surface area contributed by atoms with E-state index < -0.39 is 0 Å². The van der Waals surface area contributed by atoms with Gasteiger partial charge in [0, 0.05) is 22.1 Å². The molecule has 0 heterocycles. The maximum Gasteiger partial charge on any atom is 0.130 e. The van der Waals surface area contributed by atoms with E-state index in [1.54, 1.807) is 18.2 Å². The number of halogens is 1. The zero-order valence-corrected chi connectivity index (χ0v) is 23.9. The average Bonchev–Trinajstić information content (AvgIpc) is 2.70. The van der Waals surface area contributed by atoms with Gasteiger partial charge in [0.2, 0.25) is 0 Å². The van der Waals surface area contributed by atoms with Crippen LogP contribution in [0.15, 0.2) is 54.6 Å². The van der Waals surface area contributed by atoms with Crippen molar-refractivity contribution >= 4 is 28.0 Å². The molecule has 32 heavy (non-hydrogen) atoms. The Morgan fingerprint density at radius 3 is 1.44 bits per heavy atom. The molecule has 0 saturated heterocycles. The second-order valence-corrected chi connectivity index (χ2v) is 16.2. The molecule has 4 heteroatoms. The summed E-state index contributed by atoms with van der Waals surface area (Å²) in [6.07, 6.45) is 6.70. The third-order valence-electron chi connectivity index (χ3n) is 5.43. The minimum Gasteiger partial charge on any atom is -0.206 e. The van der Waals surface area contributed by atoms with E-state index in [9.17, 15) is 4.39 Å². The van der Waals surface area contributed by atoms with Crippen molar-refractivity contribution in [3.05, 3.63) is 71.5 Å². The molecule has 0 radical (unpaired) electrons. The Kier molecular flexibility index (Phi) is 16.7. The second-order valence-electron chi connectivity index (χ2n) is 9.12. The third kappa shape index (κ3) is 12.1. The summed E-state index contributed by atoms with van der Waals surface area (Å²) in [5.41, 5.74) is 5.32. The van der Waals surface area contributed by atoms with Crippen LogP contribution >= 0.6 is 15.8 Å². The summed E-state index contributed by atoms with van der Waals surface area (Å²) in [4.78, 5) is 0. The molecule has 2 aromatic carbocycles. The van der Waals surface area contributed by atoms with Crippen LogP contribution in [-0.2, 0) is 16.5 Å². The fourth-order valence-electron chi connectivity index (χ4n) is 3.82. The molecule has 0 aromatic heterocycles. The summed E-state index contributed by atoms with van der Waals surface area (Å²) in [5.74, 6) is -0.190. The van der Waals surface area contributed by atoms with Crippen LogP contribution in [0.2, 0.25) is 0 Å². The van der Waals surface area contributed by atoms with Crippen LogP contribution in [-0.4, -0.2) is 35.0 Å². The van der Waals surface area contributed by atoms with Crippen LogP contribution < -0.4 is 0 Å². The van der Waals surface area contributed by atoms with Gasteiger partial charge in [0.25, 0.3) is 0 Å². The summed E-state index contributed by atoms with van der Waals surface area (Å²) in [6, 6.07) is 16.6. The minimum absolute atomic E-state index is 0. The average molecular weight is 519 g/mol. The fraction of sp³-hybridized carbons (Fsp3) is 0.500. The van der Waals surface area contributed by atoms with Crippen molar-refractivity contribution in [1.82, 2.24) is 0 Å². The van der Waals surface area contributed by atoms with E-state index in [2.05, 4.69) is 55.4 Å². The molecule has 0 nitrogen and oxygen atoms in total. The van der Waals surface area contributed by atoms with Crippen molar-refractivity contribution in [2.45, 2.75) is 78.0 Å². The molecule has 0 fully saturated rings. The first-order chi connectivity index (χ1) is 14.6. The maximum atomic E-state index is 13.2. The maximum absolute atomic E-state index is 13.2.